The summed E-state index contributed by atoms with van der Waals surface area (Å²) in [5, 5.41) is 5.29. The van der Waals surface area contributed by atoms with Crippen molar-refractivity contribution in [3.05, 3.63) is 0 Å². The highest BCUT2D eigenvalue weighted by atomic mass is 32.2. The van der Waals surface area contributed by atoms with E-state index in [4.69, 9.17) is 5.14 Å². The molecule has 19 heavy (non-hydrogen) atoms. The Hall–Kier alpha value is -0.140. The van der Waals surface area contributed by atoms with E-state index in [1.54, 1.807) is 0 Å². The van der Waals surface area contributed by atoms with Gasteiger partial charge in [0.1, 0.15) is 0 Å². The number of hydrogen-bond acceptors (Lipinski definition) is 2. The van der Waals surface area contributed by atoms with Crippen LogP contribution in [-0.2, 0) is 11.0 Å². The van der Waals surface area contributed by atoms with Crippen LogP contribution in [0.15, 0.2) is 0 Å². The fourth-order valence-electron chi connectivity index (χ4n) is 2.74. The smallest absolute Gasteiger partial charge is 0.295 e. The molecule has 0 aromatic heterocycles. The molecule has 0 saturated carbocycles. The lowest BCUT2D eigenvalue weighted by atomic mass is 9.83. The molecular formula is C12H23F3N2OS. The highest BCUT2D eigenvalue weighted by molar-refractivity contribution is 7.83. The van der Waals surface area contributed by atoms with Crippen LogP contribution >= 0.6 is 0 Å². The molecule has 0 bridgehead atoms. The third-order valence-corrected chi connectivity index (χ3v) is 4.93. The Labute approximate surface area is 115 Å². The zero-order chi connectivity index (χ0) is 14.6. The predicted molar refractivity (Wildman–Crippen MR) is 70.8 cm³/mol. The first-order valence-corrected chi connectivity index (χ1v) is 7.90. The maximum absolute atomic E-state index is 12.3. The number of nitrogens with zero attached hydrogens (tertiary/aromatic N) is 1. The fourth-order valence-corrected chi connectivity index (χ4v) is 3.24. The van der Waals surface area contributed by atoms with Gasteiger partial charge in [0.05, 0.1) is 17.5 Å². The van der Waals surface area contributed by atoms with Crippen LogP contribution in [0, 0.1) is 11.8 Å². The molecule has 0 aromatic carbocycles. The van der Waals surface area contributed by atoms with Gasteiger partial charge in [0.2, 0.25) is 0 Å². The van der Waals surface area contributed by atoms with E-state index in [0.717, 1.165) is 19.3 Å². The normalized spacial score (nSPS) is 24.1. The summed E-state index contributed by atoms with van der Waals surface area (Å²) in [5.41, 5.74) is 0. The summed E-state index contributed by atoms with van der Waals surface area (Å²) in [4.78, 5) is 1.47. The molecule has 7 heteroatoms. The van der Waals surface area contributed by atoms with E-state index in [1.807, 2.05) is 6.92 Å². The Morgan fingerprint density at radius 2 is 1.84 bits per heavy atom. The van der Waals surface area contributed by atoms with Crippen molar-refractivity contribution in [1.82, 2.24) is 4.90 Å². The van der Waals surface area contributed by atoms with Crippen LogP contribution < -0.4 is 5.14 Å². The summed E-state index contributed by atoms with van der Waals surface area (Å²) >= 11 is 0. The van der Waals surface area contributed by atoms with Crippen LogP contribution in [0.2, 0.25) is 0 Å². The van der Waals surface area contributed by atoms with Crippen LogP contribution in [0.25, 0.3) is 0 Å². The van der Waals surface area contributed by atoms with Gasteiger partial charge < -0.3 is 0 Å². The van der Waals surface area contributed by atoms with Gasteiger partial charge in [-0.25, -0.2) is 4.21 Å². The van der Waals surface area contributed by atoms with E-state index in [1.165, 1.54) is 4.90 Å². The Kier molecular flexibility index (Phi) is 6.26. The van der Waals surface area contributed by atoms with Crippen molar-refractivity contribution >= 4 is 11.0 Å². The van der Waals surface area contributed by atoms with Crippen LogP contribution in [0.5, 0.6) is 0 Å². The molecule has 1 aliphatic heterocycles. The van der Waals surface area contributed by atoms with E-state index in [0.29, 0.717) is 24.9 Å². The van der Waals surface area contributed by atoms with Gasteiger partial charge in [-0.15, -0.1) is 0 Å². The molecule has 3 atom stereocenters. The number of rotatable bonds is 5. The van der Waals surface area contributed by atoms with Gasteiger partial charge in [-0.2, -0.15) is 13.2 Å². The minimum atomic E-state index is -4.11. The average molecular weight is 300 g/mol. The topological polar surface area (TPSA) is 46.3 Å². The molecule has 0 spiro atoms. The second-order valence-electron chi connectivity index (χ2n) is 5.58. The van der Waals surface area contributed by atoms with Crippen LogP contribution in [-0.4, -0.2) is 40.2 Å². The molecule has 1 aliphatic rings. The molecule has 1 fully saturated rings. The lowest BCUT2D eigenvalue weighted by Gasteiger charge is -2.35. The van der Waals surface area contributed by atoms with Crippen LogP contribution in [0.3, 0.4) is 0 Å². The lowest BCUT2D eigenvalue weighted by Crippen LogP contribution is -2.41. The summed E-state index contributed by atoms with van der Waals surface area (Å²) in [7, 11) is -1.31. The fraction of sp³-hybridized carbons (Fsp3) is 1.00. The molecule has 2 N–H and O–H groups in total. The van der Waals surface area contributed by atoms with Crippen molar-refractivity contribution in [3.8, 4) is 0 Å². The molecule has 0 aromatic rings. The molecule has 3 nitrogen and oxygen atoms in total. The van der Waals surface area contributed by atoms with Crippen molar-refractivity contribution in [2.75, 3.05) is 19.6 Å². The van der Waals surface area contributed by atoms with Crippen LogP contribution in [0.4, 0.5) is 13.2 Å². The molecule has 0 radical (unpaired) electrons. The third kappa shape index (κ3) is 6.23. The van der Waals surface area contributed by atoms with Gasteiger partial charge in [0, 0.05) is 5.25 Å². The van der Waals surface area contributed by atoms with Gasteiger partial charge in [-0.3, -0.25) is 10.0 Å². The Balaban J connectivity index is 2.35. The largest absolute Gasteiger partial charge is 0.401 e. The number of piperidine rings is 1. The Morgan fingerprint density at radius 1 is 1.32 bits per heavy atom. The second-order valence-corrected chi connectivity index (χ2v) is 7.04. The maximum Gasteiger partial charge on any atom is 0.401 e. The molecule has 2 unspecified atom stereocenters. The monoisotopic (exact) mass is 300 g/mol. The number of alkyl halides is 3. The predicted octanol–water partition coefficient (Wildman–Crippen LogP) is 2.30. The standard InChI is InChI=1S/C12H23F3N2OS/c1-9(7-10(2)19(16)18)11-3-5-17(6-4-11)8-12(13,14)15/h9-11H,3-8,16H2,1-2H3/t9-,10?,19?/m1/s1. The van der Waals surface area contributed by atoms with Crippen LogP contribution in [0.1, 0.15) is 33.1 Å². The number of likely N-dealkylation sites (tertiary alicyclic amines) is 1. The number of halogens is 3. The minimum absolute atomic E-state index is 0.0526. The number of hydrogen-bond donors (Lipinski definition) is 1. The van der Waals surface area contributed by atoms with E-state index >= 15 is 0 Å². The Morgan fingerprint density at radius 3 is 2.26 bits per heavy atom. The Bertz CT molecular complexity index is 304. The minimum Gasteiger partial charge on any atom is -0.295 e. The third-order valence-electron chi connectivity index (χ3n) is 3.94. The highest BCUT2D eigenvalue weighted by Gasteiger charge is 2.33. The van der Waals surface area contributed by atoms with E-state index in [-0.39, 0.29) is 5.25 Å². The van der Waals surface area contributed by atoms with E-state index in [2.05, 4.69) is 6.92 Å². The summed E-state index contributed by atoms with van der Waals surface area (Å²) in [6.07, 6.45) is -1.78. The molecular weight excluding hydrogens is 277 g/mol. The first-order valence-electron chi connectivity index (χ1n) is 6.63. The van der Waals surface area contributed by atoms with E-state index < -0.39 is 23.7 Å². The SMILES string of the molecule is CC(C[C@@H](C)C1CCN(CC(F)(F)F)CC1)S(N)=O. The molecule has 1 heterocycles. The maximum atomic E-state index is 12.3. The second kappa shape index (κ2) is 7.04. The first kappa shape index (κ1) is 16.9. The van der Waals surface area contributed by atoms with Crippen molar-refractivity contribution in [2.45, 2.75) is 44.5 Å². The van der Waals surface area contributed by atoms with Gasteiger partial charge in [-0.1, -0.05) is 6.92 Å². The van der Waals surface area contributed by atoms with Crippen molar-refractivity contribution in [2.24, 2.45) is 17.0 Å². The summed E-state index contributed by atoms with van der Waals surface area (Å²) < 4.78 is 47.9. The van der Waals surface area contributed by atoms with Crippen molar-refractivity contribution < 1.29 is 17.4 Å². The van der Waals surface area contributed by atoms with Gasteiger partial charge in [0.15, 0.2) is 0 Å². The first-order chi connectivity index (χ1) is 8.69. The molecule has 0 aliphatic carbocycles. The molecule has 1 rings (SSSR count). The summed E-state index contributed by atoms with van der Waals surface area (Å²) in [6.45, 7) is 4.11. The number of nitrogens with two attached hydrogens (primary N) is 1. The zero-order valence-electron chi connectivity index (χ0n) is 11.4. The lowest BCUT2D eigenvalue weighted by molar-refractivity contribution is -0.149. The van der Waals surface area contributed by atoms with Gasteiger partial charge in [-0.05, 0) is 51.1 Å². The highest BCUT2D eigenvalue weighted by Crippen LogP contribution is 2.29. The summed E-state index contributed by atoms with van der Waals surface area (Å²) in [6, 6.07) is 0. The average Bonchev–Trinajstić information content (AvgIpc) is 2.27. The van der Waals surface area contributed by atoms with Crippen molar-refractivity contribution in [3.63, 3.8) is 0 Å². The molecule has 0 amide bonds. The van der Waals surface area contributed by atoms with Crippen molar-refractivity contribution in [1.29, 1.82) is 0 Å². The molecule has 1 saturated heterocycles. The van der Waals surface area contributed by atoms with Gasteiger partial charge >= 0.3 is 6.18 Å². The van der Waals surface area contributed by atoms with Gasteiger partial charge in [0.25, 0.3) is 0 Å². The zero-order valence-corrected chi connectivity index (χ0v) is 12.3. The van der Waals surface area contributed by atoms with E-state index in [9.17, 15) is 17.4 Å². The quantitative estimate of drug-likeness (QED) is 0.847. The summed E-state index contributed by atoms with van der Waals surface area (Å²) in [5.74, 6) is 0.769. The molecule has 114 valence electrons.